The first-order valence-electron chi connectivity index (χ1n) is 6.74. The quantitative estimate of drug-likeness (QED) is 0.668. The molecule has 0 aromatic heterocycles. The molecule has 22 heavy (non-hydrogen) atoms. The van der Waals surface area contributed by atoms with Crippen LogP contribution in [-0.4, -0.2) is 39.2 Å². The molecule has 0 unspecified atom stereocenters. The maximum atomic E-state index is 13.9. The van der Waals surface area contributed by atoms with Crippen LogP contribution >= 0.6 is 0 Å². The average molecular weight is 308 g/mol. The van der Waals surface area contributed by atoms with Crippen LogP contribution in [0.2, 0.25) is 0 Å². The number of carbonyl (C=O) groups excluding carboxylic acids is 1. The highest BCUT2D eigenvalue weighted by atomic mass is 19.1. The molecular weight excluding hydrogens is 291 g/mol. The highest BCUT2D eigenvalue weighted by Crippen LogP contribution is 2.31. The molecule has 1 aromatic carbocycles. The minimum absolute atomic E-state index is 0.0862. The summed E-state index contributed by atoms with van der Waals surface area (Å²) >= 11 is 0. The first-order chi connectivity index (χ1) is 10.1. The van der Waals surface area contributed by atoms with Crippen LogP contribution in [0.3, 0.4) is 0 Å². The van der Waals surface area contributed by atoms with Gasteiger partial charge in [0, 0.05) is 18.2 Å². The van der Waals surface area contributed by atoms with Crippen LogP contribution in [0.1, 0.15) is 35.3 Å². The number of halogens is 1. The average Bonchev–Trinajstić information content (AvgIpc) is 2.72. The number of alkyl halides is 1. The predicted molar refractivity (Wildman–Crippen MR) is 79.1 cm³/mol. The van der Waals surface area contributed by atoms with E-state index in [-0.39, 0.29) is 24.3 Å². The summed E-state index contributed by atoms with van der Waals surface area (Å²) in [5, 5.41) is 20.7. The number of carbonyl (C=O) groups is 1. The standard InChI is InChI=1S/C15H17FN2O4/c1-4-9-5-11-10(6-12(9)18(21)22)7-17(14(11)19)8-13(16)15(2,3)20/h4-6,13,20H,1,7-8H2,2-3H3/t13-/m1/s1. The Balaban J connectivity index is 2.32. The molecule has 1 aliphatic heterocycles. The van der Waals surface area contributed by atoms with Crippen LogP contribution < -0.4 is 0 Å². The molecule has 118 valence electrons. The van der Waals surface area contributed by atoms with Gasteiger partial charge < -0.3 is 10.0 Å². The van der Waals surface area contributed by atoms with Gasteiger partial charge in [0.25, 0.3) is 11.6 Å². The minimum atomic E-state index is -1.61. The van der Waals surface area contributed by atoms with Crippen molar-refractivity contribution in [2.75, 3.05) is 6.54 Å². The van der Waals surface area contributed by atoms with Gasteiger partial charge in [0.05, 0.1) is 22.6 Å². The number of amides is 1. The fourth-order valence-corrected chi connectivity index (χ4v) is 2.31. The molecule has 7 heteroatoms. The maximum absolute atomic E-state index is 13.9. The molecule has 6 nitrogen and oxygen atoms in total. The van der Waals surface area contributed by atoms with Crippen molar-refractivity contribution < 1.29 is 19.2 Å². The molecule has 0 spiro atoms. The summed E-state index contributed by atoms with van der Waals surface area (Å²) in [6.07, 6.45) is -0.303. The van der Waals surface area contributed by atoms with Gasteiger partial charge in [-0.15, -0.1) is 0 Å². The van der Waals surface area contributed by atoms with Gasteiger partial charge in [-0.05, 0) is 25.5 Å². The van der Waals surface area contributed by atoms with E-state index in [1.165, 1.54) is 37.0 Å². The van der Waals surface area contributed by atoms with Gasteiger partial charge in [-0.25, -0.2) is 4.39 Å². The molecule has 1 atom stereocenters. The molecule has 2 rings (SSSR count). The Morgan fingerprint density at radius 1 is 1.59 bits per heavy atom. The zero-order valence-electron chi connectivity index (χ0n) is 12.4. The SMILES string of the molecule is C=Cc1cc2c(cc1[N+](=O)[O-])CN(C[C@@H](F)C(C)(C)O)C2=O. The Labute approximate surface area is 127 Å². The number of hydrogen-bond acceptors (Lipinski definition) is 4. The normalized spacial score (nSPS) is 15.6. The molecule has 1 amide bonds. The molecule has 0 fully saturated rings. The second-order valence-electron chi connectivity index (χ2n) is 5.84. The zero-order valence-corrected chi connectivity index (χ0v) is 12.4. The Hall–Kier alpha value is -2.28. The van der Waals surface area contributed by atoms with E-state index in [9.17, 15) is 24.4 Å². The Kier molecular flexibility index (Phi) is 4.02. The summed E-state index contributed by atoms with van der Waals surface area (Å²) in [5.74, 6) is -0.403. The lowest BCUT2D eigenvalue weighted by molar-refractivity contribution is -0.385. The number of rotatable bonds is 5. The summed E-state index contributed by atoms with van der Waals surface area (Å²) in [7, 11) is 0. The van der Waals surface area contributed by atoms with Gasteiger partial charge in [-0.1, -0.05) is 12.7 Å². The fourth-order valence-electron chi connectivity index (χ4n) is 2.31. The molecule has 0 radical (unpaired) electrons. The van der Waals surface area contributed by atoms with Gasteiger partial charge >= 0.3 is 0 Å². The fraction of sp³-hybridized carbons (Fsp3) is 0.400. The largest absolute Gasteiger partial charge is 0.387 e. The monoisotopic (exact) mass is 308 g/mol. The van der Waals surface area contributed by atoms with Crippen molar-refractivity contribution in [3.05, 3.63) is 45.5 Å². The van der Waals surface area contributed by atoms with Crippen LogP contribution in [0.25, 0.3) is 6.08 Å². The lowest BCUT2D eigenvalue weighted by Crippen LogP contribution is -2.42. The lowest BCUT2D eigenvalue weighted by Gasteiger charge is -2.26. The summed E-state index contributed by atoms with van der Waals surface area (Å²) in [4.78, 5) is 24.0. The van der Waals surface area contributed by atoms with Crippen molar-refractivity contribution >= 4 is 17.7 Å². The smallest absolute Gasteiger partial charge is 0.276 e. The van der Waals surface area contributed by atoms with Crippen molar-refractivity contribution in [3.8, 4) is 0 Å². The molecule has 1 aliphatic rings. The zero-order chi connectivity index (χ0) is 16.7. The van der Waals surface area contributed by atoms with Gasteiger partial charge in [-0.2, -0.15) is 0 Å². The third kappa shape index (κ3) is 2.85. The van der Waals surface area contributed by atoms with Gasteiger partial charge in [0.2, 0.25) is 0 Å². The van der Waals surface area contributed by atoms with Gasteiger partial charge in [-0.3, -0.25) is 14.9 Å². The lowest BCUT2D eigenvalue weighted by atomic mass is 10.0. The van der Waals surface area contributed by atoms with Crippen LogP contribution in [-0.2, 0) is 6.54 Å². The van der Waals surface area contributed by atoms with Crippen molar-refractivity contribution in [2.24, 2.45) is 0 Å². The number of fused-ring (bicyclic) bond motifs is 1. The van der Waals surface area contributed by atoms with Crippen LogP contribution in [0.5, 0.6) is 0 Å². The number of aliphatic hydroxyl groups is 1. The topological polar surface area (TPSA) is 83.7 Å². The number of nitrogens with zero attached hydrogens (tertiary/aromatic N) is 2. The van der Waals surface area contributed by atoms with Crippen LogP contribution in [0, 0.1) is 10.1 Å². The van der Waals surface area contributed by atoms with E-state index in [4.69, 9.17) is 0 Å². The number of benzene rings is 1. The van der Waals surface area contributed by atoms with Gasteiger partial charge in [0.1, 0.15) is 6.17 Å². The molecule has 1 N–H and O–H groups in total. The van der Waals surface area contributed by atoms with E-state index < -0.39 is 22.6 Å². The first kappa shape index (κ1) is 16.1. The summed E-state index contributed by atoms with van der Waals surface area (Å²) in [6.45, 7) is 5.97. The molecule has 1 heterocycles. The highest BCUT2D eigenvalue weighted by molar-refractivity contribution is 5.99. The van der Waals surface area contributed by atoms with Crippen molar-refractivity contribution in [1.29, 1.82) is 0 Å². The number of hydrogen-bond donors (Lipinski definition) is 1. The molecule has 0 aliphatic carbocycles. The van der Waals surface area contributed by atoms with E-state index in [2.05, 4.69) is 6.58 Å². The van der Waals surface area contributed by atoms with E-state index >= 15 is 0 Å². The Morgan fingerprint density at radius 2 is 2.23 bits per heavy atom. The maximum Gasteiger partial charge on any atom is 0.276 e. The second kappa shape index (κ2) is 5.49. The van der Waals surface area contributed by atoms with E-state index in [1.54, 1.807) is 0 Å². The van der Waals surface area contributed by atoms with Crippen LogP contribution in [0.15, 0.2) is 18.7 Å². The highest BCUT2D eigenvalue weighted by Gasteiger charge is 2.35. The third-order valence-corrected chi connectivity index (χ3v) is 3.70. The molecule has 0 saturated carbocycles. The summed E-state index contributed by atoms with van der Waals surface area (Å²) in [5.41, 5.74) is -0.664. The first-order valence-corrected chi connectivity index (χ1v) is 6.74. The van der Waals surface area contributed by atoms with Crippen molar-refractivity contribution in [3.63, 3.8) is 0 Å². The summed E-state index contributed by atoms with van der Waals surface area (Å²) in [6, 6.07) is 2.72. The molecule has 1 aromatic rings. The van der Waals surface area contributed by atoms with Crippen molar-refractivity contribution in [2.45, 2.75) is 32.2 Å². The van der Waals surface area contributed by atoms with Gasteiger partial charge in [0.15, 0.2) is 0 Å². The molecule has 0 bridgehead atoms. The minimum Gasteiger partial charge on any atom is -0.387 e. The predicted octanol–water partition coefficient (Wildman–Crippen LogP) is 2.30. The second-order valence-corrected chi connectivity index (χ2v) is 5.84. The van der Waals surface area contributed by atoms with Crippen LogP contribution in [0.4, 0.5) is 10.1 Å². The summed E-state index contributed by atoms with van der Waals surface area (Å²) < 4.78 is 13.9. The molecule has 0 saturated heterocycles. The van der Waals surface area contributed by atoms with E-state index in [0.29, 0.717) is 11.1 Å². The Bertz CT molecular complexity index is 652. The number of nitro groups is 1. The van der Waals surface area contributed by atoms with Crippen molar-refractivity contribution in [1.82, 2.24) is 4.90 Å². The third-order valence-electron chi connectivity index (χ3n) is 3.70. The molecular formula is C15H17FN2O4. The Morgan fingerprint density at radius 3 is 2.73 bits per heavy atom. The number of nitro benzene ring substituents is 1. The van der Waals surface area contributed by atoms with E-state index in [0.717, 1.165) is 0 Å². The van der Waals surface area contributed by atoms with E-state index in [1.807, 2.05) is 0 Å².